The molecule has 0 aliphatic rings. The largest absolute Gasteiger partial charge is 0.493 e. The molecule has 0 fully saturated rings. The zero-order valence-electron chi connectivity index (χ0n) is 16.7. The van der Waals surface area contributed by atoms with Crippen LogP contribution in [0.25, 0.3) is 10.4 Å². The van der Waals surface area contributed by atoms with E-state index >= 15 is 0 Å². The number of amides is 2. The van der Waals surface area contributed by atoms with E-state index in [0.717, 1.165) is 12.1 Å². The van der Waals surface area contributed by atoms with Gasteiger partial charge in [-0.2, -0.15) is 22.5 Å². The number of ether oxygens (including phenoxy) is 2. The van der Waals surface area contributed by atoms with Gasteiger partial charge in [-0.15, -0.1) is 11.3 Å². The van der Waals surface area contributed by atoms with E-state index in [4.69, 9.17) is 4.74 Å². The van der Waals surface area contributed by atoms with Gasteiger partial charge in [0.05, 0.1) is 24.3 Å². The van der Waals surface area contributed by atoms with E-state index in [2.05, 4.69) is 14.4 Å². The van der Waals surface area contributed by atoms with E-state index in [1.807, 2.05) is 6.07 Å². The van der Waals surface area contributed by atoms with E-state index in [1.54, 1.807) is 0 Å². The number of anilines is 1. The predicted molar refractivity (Wildman–Crippen MR) is 108 cm³/mol. The highest BCUT2D eigenvalue weighted by Crippen LogP contribution is 2.45. The lowest BCUT2D eigenvalue weighted by Crippen LogP contribution is -2.36. The van der Waals surface area contributed by atoms with Gasteiger partial charge in [-0.1, -0.05) is 4.36 Å². The normalized spacial score (nSPS) is 10.9. The number of rotatable bonds is 7. The molecule has 10 nitrogen and oxygen atoms in total. The van der Waals surface area contributed by atoms with Crippen LogP contribution in [0.2, 0.25) is 0 Å². The summed E-state index contributed by atoms with van der Waals surface area (Å²) in [6.45, 7) is -0.917. The van der Waals surface area contributed by atoms with Gasteiger partial charge in [0, 0.05) is 16.5 Å². The lowest BCUT2D eigenvalue weighted by Gasteiger charge is -2.16. The maximum absolute atomic E-state index is 13.0. The minimum atomic E-state index is -3.26. The number of methoxy groups -OCH3 is 1. The monoisotopic (exact) mass is 487 g/mol. The molecule has 1 aromatic carbocycles. The molecule has 0 aliphatic heterocycles. The second kappa shape index (κ2) is 9.81. The molecule has 0 atom stereocenters. The summed E-state index contributed by atoms with van der Waals surface area (Å²) in [5.41, 5.74) is -2.34. The fraction of sp³-hybridized carbons (Fsp3) is 0.278. The molecule has 170 valence electrons. The van der Waals surface area contributed by atoms with Gasteiger partial charge in [-0.25, -0.2) is 0 Å². The van der Waals surface area contributed by atoms with Crippen molar-refractivity contribution in [3.8, 4) is 28.0 Å². The summed E-state index contributed by atoms with van der Waals surface area (Å²) in [5, 5.41) is 21.2. The highest BCUT2D eigenvalue weighted by Gasteiger charge is 2.28. The first kappa shape index (κ1) is 24.9. The van der Waals surface area contributed by atoms with Gasteiger partial charge in [0.15, 0.2) is 11.5 Å². The van der Waals surface area contributed by atoms with Crippen LogP contribution in [0.5, 0.6) is 11.5 Å². The second-order valence-electron chi connectivity index (χ2n) is 6.53. The minimum absolute atomic E-state index is 0.00664. The average Bonchev–Trinajstić information content (AvgIpc) is 3.10. The number of alkyl halides is 2. The number of nitrogens with zero attached hydrogens (tertiary/aromatic N) is 2. The Morgan fingerprint density at radius 3 is 2.47 bits per heavy atom. The second-order valence-corrected chi connectivity index (χ2v) is 8.19. The van der Waals surface area contributed by atoms with Crippen LogP contribution in [-0.2, 0) is 15.3 Å². The Kier molecular flexibility index (Phi) is 7.62. The maximum atomic E-state index is 13.0. The number of nitriles is 1. The molecule has 32 heavy (non-hydrogen) atoms. The van der Waals surface area contributed by atoms with Gasteiger partial charge in [0.2, 0.25) is 0 Å². The van der Waals surface area contributed by atoms with Gasteiger partial charge in [0.25, 0.3) is 11.8 Å². The molecule has 1 aromatic heterocycles. The molecule has 2 rings (SSSR count). The molecule has 0 radical (unpaired) electrons. The SMILES string of the molecule is COc1cc(C#N)cc(-c2cc(C(=O)N=S(=O)=O)c(NC(=O)C(C)(C)O)s2)c1OC(F)F. The first-order chi connectivity index (χ1) is 14.9. The summed E-state index contributed by atoms with van der Waals surface area (Å²) in [5.74, 6) is -2.85. The number of thiophene rings is 1. The van der Waals surface area contributed by atoms with Gasteiger partial charge in [0.1, 0.15) is 10.6 Å². The zero-order chi connectivity index (χ0) is 24.2. The summed E-state index contributed by atoms with van der Waals surface area (Å²) >= 11 is 0.677. The van der Waals surface area contributed by atoms with Crippen LogP contribution in [0.3, 0.4) is 0 Å². The van der Waals surface area contributed by atoms with Crippen molar-refractivity contribution in [2.75, 3.05) is 12.4 Å². The first-order valence-corrected chi connectivity index (χ1v) is 10.3. The van der Waals surface area contributed by atoms with Crippen LogP contribution in [0.4, 0.5) is 13.8 Å². The Balaban J connectivity index is 2.78. The Morgan fingerprint density at radius 1 is 1.31 bits per heavy atom. The number of hydrogen-bond acceptors (Lipinski definition) is 9. The lowest BCUT2D eigenvalue weighted by atomic mass is 10.1. The Morgan fingerprint density at radius 2 is 1.97 bits per heavy atom. The number of carbonyl (C=O) groups is 2. The summed E-state index contributed by atoms with van der Waals surface area (Å²) in [4.78, 5) is 24.5. The summed E-state index contributed by atoms with van der Waals surface area (Å²) in [6.07, 6.45) is 0. The number of aliphatic hydroxyl groups is 1. The quantitative estimate of drug-likeness (QED) is 0.604. The average molecular weight is 487 g/mol. The highest BCUT2D eigenvalue weighted by molar-refractivity contribution is 7.62. The van der Waals surface area contributed by atoms with Crippen LogP contribution < -0.4 is 14.8 Å². The molecule has 0 saturated heterocycles. The molecule has 0 aliphatic carbocycles. The molecule has 2 N–H and O–H groups in total. The minimum Gasteiger partial charge on any atom is -0.493 e. The van der Waals surface area contributed by atoms with E-state index in [-0.39, 0.29) is 26.8 Å². The smallest absolute Gasteiger partial charge is 0.387 e. The number of carbonyl (C=O) groups excluding carboxylic acids is 2. The van der Waals surface area contributed by atoms with E-state index in [1.165, 1.54) is 27.0 Å². The van der Waals surface area contributed by atoms with Crippen molar-refractivity contribution in [3.05, 3.63) is 29.3 Å². The molecule has 0 unspecified atom stereocenters. The topological polar surface area (TPSA) is 155 Å². The predicted octanol–water partition coefficient (Wildman–Crippen LogP) is 2.81. The van der Waals surface area contributed by atoms with Crippen LogP contribution in [0, 0.1) is 11.3 Å². The molecule has 2 amide bonds. The van der Waals surface area contributed by atoms with Gasteiger partial charge < -0.3 is 19.9 Å². The van der Waals surface area contributed by atoms with E-state index < -0.39 is 45.8 Å². The third kappa shape index (κ3) is 5.84. The molecular weight excluding hydrogens is 472 g/mol. The van der Waals surface area contributed by atoms with Gasteiger partial charge in [-0.3, -0.25) is 9.59 Å². The van der Waals surface area contributed by atoms with Crippen molar-refractivity contribution in [2.45, 2.75) is 26.1 Å². The Labute approximate surface area is 185 Å². The fourth-order valence-electron chi connectivity index (χ4n) is 2.36. The van der Waals surface area contributed by atoms with Crippen LogP contribution >= 0.6 is 11.3 Å². The Bertz CT molecular complexity index is 1230. The fourth-order valence-corrected chi connectivity index (χ4v) is 3.65. The van der Waals surface area contributed by atoms with Crippen LogP contribution in [-0.4, -0.2) is 44.7 Å². The van der Waals surface area contributed by atoms with Crippen molar-refractivity contribution in [3.63, 3.8) is 0 Å². The van der Waals surface area contributed by atoms with Crippen molar-refractivity contribution >= 4 is 38.7 Å². The zero-order valence-corrected chi connectivity index (χ0v) is 18.3. The maximum Gasteiger partial charge on any atom is 0.387 e. The third-order valence-corrected chi connectivity index (χ3v) is 5.18. The van der Waals surface area contributed by atoms with Gasteiger partial charge >= 0.3 is 17.1 Å². The molecule has 1 heterocycles. The Hall–Kier alpha value is -3.41. The number of halogens is 2. The summed E-state index contributed by atoms with van der Waals surface area (Å²) < 4.78 is 60.1. The van der Waals surface area contributed by atoms with Crippen LogP contribution in [0.1, 0.15) is 29.8 Å². The van der Waals surface area contributed by atoms with Crippen LogP contribution in [0.15, 0.2) is 22.6 Å². The molecule has 2 aromatic rings. The van der Waals surface area contributed by atoms with E-state index in [0.29, 0.717) is 11.3 Å². The lowest BCUT2D eigenvalue weighted by molar-refractivity contribution is -0.130. The molecule has 0 bridgehead atoms. The van der Waals surface area contributed by atoms with Crippen molar-refractivity contribution in [1.29, 1.82) is 5.26 Å². The summed E-state index contributed by atoms with van der Waals surface area (Å²) in [6, 6.07) is 5.25. The van der Waals surface area contributed by atoms with Crippen molar-refractivity contribution in [2.24, 2.45) is 4.36 Å². The number of nitrogens with one attached hydrogen (secondary N) is 1. The number of benzene rings is 1. The van der Waals surface area contributed by atoms with Crippen molar-refractivity contribution in [1.82, 2.24) is 0 Å². The summed E-state index contributed by atoms with van der Waals surface area (Å²) in [7, 11) is -1.94. The molecule has 0 spiro atoms. The first-order valence-electron chi connectivity index (χ1n) is 8.47. The molecular formula is C18H15F2N3O7S2. The molecule has 0 saturated carbocycles. The highest BCUT2D eigenvalue weighted by atomic mass is 32.2. The van der Waals surface area contributed by atoms with E-state index in [9.17, 15) is 37.2 Å². The van der Waals surface area contributed by atoms with Gasteiger partial charge in [-0.05, 0) is 26.0 Å². The molecule has 14 heteroatoms. The third-order valence-electron chi connectivity index (χ3n) is 3.78. The number of hydrogen-bond donors (Lipinski definition) is 2. The standard InChI is InChI=1S/C18H15F2N3O7S2/c1-18(2,26)16(25)22-15-10(14(24)23-32(27)28)6-12(31-15)9-4-8(7-21)5-11(29-3)13(9)30-17(19)20/h4-6,17,26H,1-3H3,(H,22,25). The van der Waals surface area contributed by atoms with Crippen molar-refractivity contribution < 1.29 is 41.4 Å².